The van der Waals surface area contributed by atoms with E-state index in [0.29, 0.717) is 6.04 Å². The summed E-state index contributed by atoms with van der Waals surface area (Å²) in [6.45, 7) is 5.21. The Hall–Kier alpha value is -0.770. The minimum Gasteiger partial charge on any atom is -0.496 e. The van der Waals surface area contributed by atoms with Gasteiger partial charge < -0.3 is 10.5 Å². The van der Waals surface area contributed by atoms with Gasteiger partial charge in [0, 0.05) is 19.1 Å². The van der Waals surface area contributed by atoms with Crippen LogP contribution in [0.15, 0.2) is 18.2 Å². The summed E-state index contributed by atoms with van der Waals surface area (Å²) in [5, 5.41) is 0. The third-order valence-electron chi connectivity index (χ3n) is 3.42. The number of hydrogen-bond acceptors (Lipinski definition) is 3. The van der Waals surface area contributed by atoms with Crippen molar-refractivity contribution in [3.8, 4) is 5.75 Å². The van der Waals surface area contributed by atoms with Crippen molar-refractivity contribution in [1.29, 1.82) is 0 Å². The standard InChI is InChI=1S/C14H22N2O.ClH/c1-11-5-6-12(8-14(11)17-2)9-16-7-3-4-13(15)10-16;/h5-6,8,13H,3-4,7,9-10,15H2,1-2H3;1H. The van der Waals surface area contributed by atoms with Gasteiger partial charge in [0.25, 0.3) is 0 Å². The molecule has 3 nitrogen and oxygen atoms in total. The van der Waals surface area contributed by atoms with Crippen molar-refractivity contribution in [3.63, 3.8) is 0 Å². The molecule has 0 bridgehead atoms. The molecule has 2 rings (SSSR count). The van der Waals surface area contributed by atoms with E-state index in [2.05, 4.69) is 30.0 Å². The van der Waals surface area contributed by atoms with Gasteiger partial charge in [0.05, 0.1) is 7.11 Å². The SMILES string of the molecule is COc1cc(CN2CCCC(N)C2)ccc1C.Cl. The Morgan fingerprint density at radius 2 is 2.22 bits per heavy atom. The van der Waals surface area contributed by atoms with Crippen molar-refractivity contribution in [2.24, 2.45) is 5.73 Å². The van der Waals surface area contributed by atoms with E-state index >= 15 is 0 Å². The average Bonchev–Trinajstić information content (AvgIpc) is 2.32. The molecule has 4 heteroatoms. The summed E-state index contributed by atoms with van der Waals surface area (Å²) in [7, 11) is 1.73. The van der Waals surface area contributed by atoms with Gasteiger partial charge in [0.1, 0.15) is 5.75 Å². The van der Waals surface area contributed by atoms with Gasteiger partial charge in [0.15, 0.2) is 0 Å². The molecular formula is C14H23ClN2O. The second-order valence-corrected chi connectivity index (χ2v) is 4.94. The maximum absolute atomic E-state index is 5.99. The topological polar surface area (TPSA) is 38.5 Å². The van der Waals surface area contributed by atoms with Crippen molar-refractivity contribution >= 4 is 12.4 Å². The van der Waals surface area contributed by atoms with Gasteiger partial charge in [-0.1, -0.05) is 12.1 Å². The van der Waals surface area contributed by atoms with Gasteiger partial charge in [-0.25, -0.2) is 0 Å². The van der Waals surface area contributed by atoms with E-state index in [-0.39, 0.29) is 12.4 Å². The van der Waals surface area contributed by atoms with Gasteiger partial charge in [-0.3, -0.25) is 4.90 Å². The molecule has 0 saturated carbocycles. The third kappa shape index (κ3) is 3.87. The van der Waals surface area contributed by atoms with Crippen LogP contribution in [0.25, 0.3) is 0 Å². The highest BCUT2D eigenvalue weighted by Crippen LogP contribution is 2.21. The molecule has 0 spiro atoms. The minimum absolute atomic E-state index is 0. The summed E-state index contributed by atoms with van der Waals surface area (Å²) < 4.78 is 5.35. The van der Waals surface area contributed by atoms with Gasteiger partial charge in [0.2, 0.25) is 0 Å². The molecule has 102 valence electrons. The first-order valence-corrected chi connectivity index (χ1v) is 6.30. The largest absolute Gasteiger partial charge is 0.496 e. The molecule has 1 unspecified atom stereocenters. The second kappa shape index (κ2) is 6.98. The van der Waals surface area contributed by atoms with E-state index in [4.69, 9.17) is 10.5 Å². The van der Waals surface area contributed by atoms with Crippen molar-refractivity contribution in [1.82, 2.24) is 4.90 Å². The lowest BCUT2D eigenvalue weighted by molar-refractivity contribution is 0.201. The molecule has 2 N–H and O–H groups in total. The molecule has 1 fully saturated rings. The molecule has 1 aliphatic rings. The summed E-state index contributed by atoms with van der Waals surface area (Å²) in [5.41, 5.74) is 8.49. The average molecular weight is 271 g/mol. The fraction of sp³-hybridized carbons (Fsp3) is 0.571. The predicted molar refractivity (Wildman–Crippen MR) is 77.5 cm³/mol. The molecule has 1 aromatic carbocycles. The zero-order valence-electron chi connectivity index (χ0n) is 11.2. The highest BCUT2D eigenvalue weighted by atomic mass is 35.5. The van der Waals surface area contributed by atoms with Crippen molar-refractivity contribution in [2.75, 3.05) is 20.2 Å². The van der Waals surface area contributed by atoms with Gasteiger partial charge in [-0.15, -0.1) is 12.4 Å². The van der Waals surface area contributed by atoms with Gasteiger partial charge in [-0.2, -0.15) is 0 Å². The summed E-state index contributed by atoms with van der Waals surface area (Å²) in [4.78, 5) is 2.43. The Bertz CT molecular complexity index is 384. The molecule has 1 saturated heterocycles. The molecule has 18 heavy (non-hydrogen) atoms. The van der Waals surface area contributed by atoms with E-state index in [0.717, 1.165) is 31.8 Å². The number of ether oxygens (including phenoxy) is 1. The lowest BCUT2D eigenvalue weighted by Crippen LogP contribution is -2.42. The highest BCUT2D eigenvalue weighted by Gasteiger charge is 2.16. The minimum atomic E-state index is 0. The second-order valence-electron chi connectivity index (χ2n) is 4.94. The number of aryl methyl sites for hydroxylation is 1. The fourth-order valence-electron chi connectivity index (χ4n) is 2.46. The Labute approximate surface area is 116 Å². The van der Waals surface area contributed by atoms with Gasteiger partial charge in [-0.05, 0) is 43.5 Å². The Morgan fingerprint density at radius 3 is 2.89 bits per heavy atom. The third-order valence-corrected chi connectivity index (χ3v) is 3.42. The Kier molecular flexibility index (Phi) is 5.93. The van der Waals surface area contributed by atoms with Crippen LogP contribution < -0.4 is 10.5 Å². The molecule has 0 amide bonds. The molecule has 1 atom stereocenters. The monoisotopic (exact) mass is 270 g/mol. The predicted octanol–water partition coefficient (Wildman–Crippen LogP) is 2.35. The van der Waals surface area contributed by atoms with Crippen LogP contribution in [-0.2, 0) is 6.54 Å². The first kappa shape index (κ1) is 15.3. The normalized spacial score (nSPS) is 20.3. The van der Waals surface area contributed by atoms with E-state index in [1.54, 1.807) is 7.11 Å². The molecular weight excluding hydrogens is 248 g/mol. The van der Waals surface area contributed by atoms with Crippen LogP contribution in [0.3, 0.4) is 0 Å². The number of piperidine rings is 1. The fourth-order valence-corrected chi connectivity index (χ4v) is 2.46. The van der Waals surface area contributed by atoms with Crippen LogP contribution in [0.4, 0.5) is 0 Å². The van der Waals surface area contributed by atoms with Crippen LogP contribution >= 0.6 is 12.4 Å². The van der Waals surface area contributed by atoms with Crippen molar-refractivity contribution in [2.45, 2.75) is 32.4 Å². The molecule has 0 aromatic heterocycles. The van der Waals surface area contributed by atoms with Crippen LogP contribution in [0, 0.1) is 6.92 Å². The number of rotatable bonds is 3. The van der Waals surface area contributed by atoms with Crippen LogP contribution in [0.1, 0.15) is 24.0 Å². The number of benzene rings is 1. The molecule has 0 aliphatic carbocycles. The smallest absolute Gasteiger partial charge is 0.122 e. The van der Waals surface area contributed by atoms with Crippen LogP contribution in [-0.4, -0.2) is 31.1 Å². The summed E-state index contributed by atoms with van der Waals surface area (Å²) in [6, 6.07) is 6.78. The van der Waals surface area contributed by atoms with Crippen molar-refractivity contribution in [3.05, 3.63) is 29.3 Å². The van der Waals surface area contributed by atoms with E-state index in [1.165, 1.54) is 17.5 Å². The summed E-state index contributed by atoms with van der Waals surface area (Å²) in [5.74, 6) is 0.976. The van der Waals surface area contributed by atoms with Gasteiger partial charge >= 0.3 is 0 Å². The van der Waals surface area contributed by atoms with Crippen LogP contribution in [0.2, 0.25) is 0 Å². The van der Waals surface area contributed by atoms with E-state index in [1.807, 2.05) is 0 Å². The Morgan fingerprint density at radius 1 is 1.44 bits per heavy atom. The number of halogens is 1. The number of methoxy groups -OCH3 is 1. The number of likely N-dealkylation sites (tertiary alicyclic amines) is 1. The summed E-state index contributed by atoms with van der Waals surface area (Å²) >= 11 is 0. The molecule has 0 radical (unpaired) electrons. The maximum atomic E-state index is 5.99. The number of nitrogens with zero attached hydrogens (tertiary/aromatic N) is 1. The van der Waals surface area contributed by atoms with E-state index in [9.17, 15) is 0 Å². The number of hydrogen-bond donors (Lipinski definition) is 1. The van der Waals surface area contributed by atoms with E-state index < -0.39 is 0 Å². The first-order chi connectivity index (χ1) is 8.19. The molecule has 1 aliphatic heterocycles. The quantitative estimate of drug-likeness (QED) is 0.916. The summed E-state index contributed by atoms with van der Waals surface area (Å²) in [6.07, 6.45) is 2.37. The first-order valence-electron chi connectivity index (χ1n) is 6.30. The number of nitrogens with two attached hydrogens (primary N) is 1. The Balaban J connectivity index is 0.00000162. The molecule has 1 aromatic rings. The zero-order chi connectivity index (χ0) is 12.3. The van der Waals surface area contributed by atoms with Crippen LogP contribution in [0.5, 0.6) is 5.75 Å². The highest BCUT2D eigenvalue weighted by molar-refractivity contribution is 5.85. The zero-order valence-corrected chi connectivity index (χ0v) is 12.0. The molecule has 1 heterocycles. The maximum Gasteiger partial charge on any atom is 0.122 e. The lowest BCUT2D eigenvalue weighted by Gasteiger charge is -2.30. The lowest BCUT2D eigenvalue weighted by atomic mass is 10.1. The van der Waals surface area contributed by atoms with Crippen molar-refractivity contribution < 1.29 is 4.74 Å².